The predicted molar refractivity (Wildman–Crippen MR) is 107 cm³/mol. The summed E-state index contributed by atoms with van der Waals surface area (Å²) in [5.41, 5.74) is 0. The van der Waals surface area contributed by atoms with Crippen LogP contribution in [0.25, 0.3) is 0 Å². The second-order valence-electron chi connectivity index (χ2n) is 6.40. The second kappa shape index (κ2) is 10.6. The van der Waals surface area contributed by atoms with Gasteiger partial charge in [0, 0.05) is 31.4 Å². The molecule has 5 nitrogen and oxygen atoms in total. The van der Waals surface area contributed by atoms with Crippen LogP contribution in [0, 0.1) is 0 Å². The Balaban J connectivity index is 0.00000441. The molecule has 0 aliphatic heterocycles. The van der Waals surface area contributed by atoms with Crippen LogP contribution in [0.4, 0.5) is 0 Å². The molecule has 0 spiro atoms. The van der Waals surface area contributed by atoms with Gasteiger partial charge in [0.15, 0.2) is 5.96 Å². The summed E-state index contributed by atoms with van der Waals surface area (Å²) in [5, 5.41) is 6.85. The summed E-state index contributed by atoms with van der Waals surface area (Å²) < 4.78 is 0.143. The molecule has 1 aliphatic rings. The van der Waals surface area contributed by atoms with Crippen LogP contribution in [0.3, 0.4) is 0 Å². The fraction of sp³-hybridized carbons (Fsp3) is 0.867. The molecule has 1 fully saturated rings. The molecule has 0 saturated heterocycles. The van der Waals surface area contributed by atoms with Gasteiger partial charge < -0.3 is 15.5 Å². The van der Waals surface area contributed by atoms with E-state index < -0.39 is 0 Å². The van der Waals surface area contributed by atoms with Gasteiger partial charge in [-0.25, -0.2) is 4.99 Å². The number of amides is 1. The molecule has 0 bridgehead atoms. The summed E-state index contributed by atoms with van der Waals surface area (Å²) in [6.45, 7) is 5.41. The molecule has 1 aliphatic carbocycles. The fourth-order valence-electron chi connectivity index (χ4n) is 2.07. The van der Waals surface area contributed by atoms with Gasteiger partial charge >= 0.3 is 0 Å². The maximum absolute atomic E-state index is 11.7. The van der Waals surface area contributed by atoms with Gasteiger partial charge in [0.1, 0.15) is 6.54 Å². The Morgan fingerprint density at radius 1 is 1.32 bits per heavy atom. The number of aliphatic imine (C=N–C) groups is 1. The van der Waals surface area contributed by atoms with Gasteiger partial charge in [0.05, 0.1) is 0 Å². The molecule has 0 heterocycles. The summed E-state index contributed by atoms with van der Waals surface area (Å²) in [6.07, 6.45) is 7.04. The predicted octanol–water partition coefficient (Wildman–Crippen LogP) is 2.31. The van der Waals surface area contributed by atoms with Crippen molar-refractivity contribution in [3.05, 3.63) is 0 Å². The first-order chi connectivity index (χ1) is 9.84. The number of halogens is 1. The minimum Gasteiger partial charge on any atom is -0.355 e. The molecule has 0 unspecified atom stereocenters. The van der Waals surface area contributed by atoms with E-state index >= 15 is 0 Å². The Labute approximate surface area is 156 Å². The quantitative estimate of drug-likeness (QED) is 0.377. The van der Waals surface area contributed by atoms with Gasteiger partial charge in [-0.15, -0.1) is 24.0 Å². The highest BCUT2D eigenvalue weighted by Gasteiger charge is 2.19. The van der Waals surface area contributed by atoms with Gasteiger partial charge in [0.25, 0.3) is 0 Å². The summed E-state index contributed by atoms with van der Waals surface area (Å²) >= 11 is 1.82. The molecule has 22 heavy (non-hydrogen) atoms. The molecule has 130 valence electrons. The minimum atomic E-state index is 0. The number of guanidine groups is 1. The van der Waals surface area contributed by atoms with E-state index in [0.29, 0.717) is 6.04 Å². The standard InChI is InChI=1S/C15H30N4OS.HI/c1-15(2,21-5)11-17-14(16-10-13(20)19(3)4)18-12-8-6-7-9-12;/h12H,6-11H2,1-5H3,(H2,16,17,18);1H. The Morgan fingerprint density at radius 2 is 1.91 bits per heavy atom. The maximum Gasteiger partial charge on any atom is 0.243 e. The third kappa shape index (κ3) is 8.45. The minimum absolute atomic E-state index is 0. The van der Waals surface area contributed by atoms with Crippen LogP contribution in [0.5, 0.6) is 0 Å². The number of carbonyl (C=O) groups is 1. The Kier molecular flexibility index (Phi) is 10.5. The summed E-state index contributed by atoms with van der Waals surface area (Å²) in [7, 11) is 3.51. The molecule has 0 aromatic rings. The van der Waals surface area contributed by atoms with Crippen molar-refractivity contribution in [3.63, 3.8) is 0 Å². The Morgan fingerprint density at radius 3 is 2.41 bits per heavy atom. The van der Waals surface area contributed by atoms with Crippen molar-refractivity contribution in [1.29, 1.82) is 0 Å². The first-order valence-electron chi connectivity index (χ1n) is 7.64. The smallest absolute Gasteiger partial charge is 0.243 e. The number of carbonyl (C=O) groups excluding carboxylic acids is 1. The molecule has 2 N–H and O–H groups in total. The lowest BCUT2D eigenvalue weighted by atomic mass is 10.2. The van der Waals surface area contributed by atoms with Crippen LogP contribution in [0.2, 0.25) is 0 Å². The maximum atomic E-state index is 11.7. The van der Waals surface area contributed by atoms with Gasteiger partial charge in [-0.3, -0.25) is 4.79 Å². The molecule has 1 saturated carbocycles. The fourth-order valence-corrected chi connectivity index (χ4v) is 2.29. The number of nitrogens with one attached hydrogen (secondary N) is 2. The van der Waals surface area contributed by atoms with Crippen molar-refractivity contribution in [3.8, 4) is 0 Å². The monoisotopic (exact) mass is 442 g/mol. The van der Waals surface area contributed by atoms with Crippen molar-refractivity contribution in [2.45, 2.75) is 50.3 Å². The number of rotatable bonds is 6. The highest BCUT2D eigenvalue weighted by molar-refractivity contribution is 14.0. The lowest BCUT2D eigenvalue weighted by molar-refractivity contribution is -0.127. The van der Waals surface area contributed by atoms with Crippen LogP contribution in [0.15, 0.2) is 4.99 Å². The van der Waals surface area contributed by atoms with Gasteiger partial charge in [-0.1, -0.05) is 12.8 Å². The summed E-state index contributed by atoms with van der Waals surface area (Å²) in [5.74, 6) is 0.783. The van der Waals surface area contributed by atoms with E-state index in [1.165, 1.54) is 25.7 Å². The normalized spacial score (nSPS) is 16.1. The first kappa shape index (κ1) is 21.8. The summed E-state index contributed by atoms with van der Waals surface area (Å²) in [6, 6.07) is 0.489. The van der Waals surface area contributed by atoms with Crippen LogP contribution in [-0.4, -0.2) is 61.0 Å². The molecule has 1 rings (SSSR count). The molecule has 0 radical (unpaired) electrons. The van der Waals surface area contributed by atoms with Crippen LogP contribution < -0.4 is 10.6 Å². The Bertz CT molecular complexity index is 369. The molecule has 1 amide bonds. The van der Waals surface area contributed by atoms with E-state index in [1.807, 2.05) is 11.8 Å². The van der Waals surface area contributed by atoms with Gasteiger partial charge in [-0.2, -0.15) is 11.8 Å². The van der Waals surface area contributed by atoms with E-state index in [9.17, 15) is 4.79 Å². The van der Waals surface area contributed by atoms with Crippen molar-refractivity contribution >= 4 is 47.6 Å². The second-order valence-corrected chi connectivity index (χ2v) is 7.91. The zero-order valence-corrected chi connectivity index (χ0v) is 17.6. The topological polar surface area (TPSA) is 56.7 Å². The lowest BCUT2D eigenvalue weighted by Crippen LogP contribution is -2.47. The number of likely N-dealkylation sites (N-methyl/N-ethyl adjacent to an activating group) is 1. The van der Waals surface area contributed by atoms with Crippen LogP contribution in [-0.2, 0) is 4.79 Å². The van der Waals surface area contributed by atoms with E-state index in [0.717, 1.165) is 12.5 Å². The zero-order valence-electron chi connectivity index (χ0n) is 14.4. The molecular weight excluding hydrogens is 411 g/mol. The van der Waals surface area contributed by atoms with Crippen LogP contribution in [0.1, 0.15) is 39.5 Å². The van der Waals surface area contributed by atoms with Crippen molar-refractivity contribution in [1.82, 2.24) is 15.5 Å². The molecule has 0 aromatic heterocycles. The van der Waals surface area contributed by atoms with E-state index in [1.54, 1.807) is 19.0 Å². The van der Waals surface area contributed by atoms with Gasteiger partial charge in [0.2, 0.25) is 5.91 Å². The van der Waals surface area contributed by atoms with Crippen molar-refractivity contribution in [2.24, 2.45) is 4.99 Å². The van der Waals surface area contributed by atoms with E-state index in [-0.39, 0.29) is 41.2 Å². The third-order valence-electron chi connectivity index (χ3n) is 3.80. The lowest BCUT2D eigenvalue weighted by Gasteiger charge is -2.25. The number of hydrogen-bond acceptors (Lipinski definition) is 3. The van der Waals surface area contributed by atoms with E-state index in [2.05, 4.69) is 35.7 Å². The van der Waals surface area contributed by atoms with Crippen molar-refractivity contribution < 1.29 is 4.79 Å². The average Bonchev–Trinajstić information content (AvgIpc) is 2.94. The van der Waals surface area contributed by atoms with Crippen LogP contribution >= 0.6 is 35.7 Å². The number of thioether (sulfide) groups is 1. The molecule has 7 heteroatoms. The molecule has 0 atom stereocenters. The van der Waals surface area contributed by atoms with Gasteiger partial charge in [-0.05, 0) is 32.9 Å². The average molecular weight is 442 g/mol. The Hall–Kier alpha value is -0.180. The largest absolute Gasteiger partial charge is 0.355 e. The molecular formula is C15H31IN4OS. The molecule has 0 aromatic carbocycles. The highest BCUT2D eigenvalue weighted by atomic mass is 127. The van der Waals surface area contributed by atoms with Crippen molar-refractivity contribution in [2.75, 3.05) is 33.4 Å². The SMILES string of the molecule is CSC(C)(C)CNC(=NCC(=O)N(C)C)NC1CCCC1.I. The number of nitrogens with zero attached hydrogens (tertiary/aromatic N) is 2. The first-order valence-corrected chi connectivity index (χ1v) is 8.86. The van der Waals surface area contributed by atoms with E-state index in [4.69, 9.17) is 0 Å². The summed E-state index contributed by atoms with van der Waals surface area (Å²) in [4.78, 5) is 17.7. The number of hydrogen-bond donors (Lipinski definition) is 2. The highest BCUT2D eigenvalue weighted by Crippen LogP contribution is 2.20. The third-order valence-corrected chi connectivity index (χ3v) is 5.05. The zero-order chi connectivity index (χ0) is 15.9.